The molecule has 0 aromatic rings. The van der Waals surface area contributed by atoms with Crippen LogP contribution in [-0.2, 0) is 19.5 Å². The molecule has 0 aromatic heterocycles. The number of morpholine rings is 1. The SMILES string of the molecule is O=C(NCCN1CCCS1(=O)=O)N1CC2COCC(C1)O2. The summed E-state index contributed by atoms with van der Waals surface area (Å²) in [6.07, 6.45) is 0.563. The van der Waals surface area contributed by atoms with Crippen molar-refractivity contribution in [1.29, 1.82) is 0 Å². The van der Waals surface area contributed by atoms with Crippen LogP contribution in [0.4, 0.5) is 4.79 Å². The molecule has 120 valence electrons. The molecule has 0 spiro atoms. The van der Waals surface area contributed by atoms with Crippen LogP contribution in [0.5, 0.6) is 0 Å². The third-order valence-corrected chi connectivity index (χ3v) is 5.92. The van der Waals surface area contributed by atoms with E-state index in [0.717, 1.165) is 0 Å². The number of fused-ring (bicyclic) bond motifs is 2. The van der Waals surface area contributed by atoms with Crippen molar-refractivity contribution in [2.24, 2.45) is 0 Å². The maximum atomic E-state index is 12.1. The first-order valence-corrected chi connectivity index (χ1v) is 8.89. The number of sulfonamides is 1. The highest BCUT2D eigenvalue weighted by molar-refractivity contribution is 7.89. The minimum Gasteiger partial charge on any atom is -0.376 e. The Labute approximate surface area is 124 Å². The number of rotatable bonds is 3. The molecule has 0 aliphatic carbocycles. The quantitative estimate of drug-likeness (QED) is 0.708. The zero-order valence-corrected chi connectivity index (χ0v) is 12.7. The van der Waals surface area contributed by atoms with Gasteiger partial charge in [0.1, 0.15) is 0 Å². The van der Waals surface area contributed by atoms with Gasteiger partial charge >= 0.3 is 6.03 Å². The second kappa shape index (κ2) is 6.07. The van der Waals surface area contributed by atoms with E-state index in [9.17, 15) is 13.2 Å². The van der Waals surface area contributed by atoms with Gasteiger partial charge in [-0.15, -0.1) is 0 Å². The Hall–Kier alpha value is -0.900. The predicted molar refractivity (Wildman–Crippen MR) is 74.4 cm³/mol. The van der Waals surface area contributed by atoms with E-state index in [1.54, 1.807) is 4.90 Å². The summed E-state index contributed by atoms with van der Waals surface area (Å²) in [6.45, 7) is 3.31. The standard InChI is InChI=1S/C12H21N3O5S/c16-12(13-2-4-15-3-1-5-21(15,17)18)14-6-10-8-19-9-11(7-14)20-10/h10-11H,1-9H2,(H,13,16). The van der Waals surface area contributed by atoms with Gasteiger partial charge in [-0.2, -0.15) is 0 Å². The van der Waals surface area contributed by atoms with Gasteiger partial charge in [-0.05, 0) is 6.42 Å². The number of urea groups is 1. The summed E-state index contributed by atoms with van der Waals surface area (Å²) in [6, 6.07) is -0.160. The molecule has 21 heavy (non-hydrogen) atoms. The highest BCUT2D eigenvalue weighted by atomic mass is 32.2. The Balaban J connectivity index is 1.44. The van der Waals surface area contributed by atoms with Crippen molar-refractivity contribution in [2.45, 2.75) is 18.6 Å². The Morgan fingerprint density at radius 1 is 1.24 bits per heavy atom. The van der Waals surface area contributed by atoms with E-state index < -0.39 is 10.0 Å². The van der Waals surface area contributed by atoms with Gasteiger partial charge in [0.15, 0.2) is 0 Å². The lowest BCUT2D eigenvalue weighted by atomic mass is 10.2. The second-order valence-corrected chi connectivity index (χ2v) is 7.71. The number of ether oxygens (including phenoxy) is 2. The highest BCUT2D eigenvalue weighted by Crippen LogP contribution is 2.17. The van der Waals surface area contributed by atoms with Crippen LogP contribution in [0.25, 0.3) is 0 Å². The molecule has 3 fully saturated rings. The fourth-order valence-corrected chi connectivity index (χ4v) is 4.48. The van der Waals surface area contributed by atoms with E-state index in [0.29, 0.717) is 52.4 Å². The molecular weight excluding hydrogens is 298 g/mol. The van der Waals surface area contributed by atoms with Crippen molar-refractivity contribution in [1.82, 2.24) is 14.5 Å². The molecule has 0 radical (unpaired) electrons. The molecule has 9 heteroatoms. The molecular formula is C12H21N3O5S. The third-order valence-electron chi connectivity index (χ3n) is 3.97. The number of nitrogens with one attached hydrogen (secondary N) is 1. The Morgan fingerprint density at radius 3 is 2.57 bits per heavy atom. The van der Waals surface area contributed by atoms with Gasteiger partial charge < -0.3 is 19.7 Å². The van der Waals surface area contributed by atoms with Crippen molar-refractivity contribution in [2.75, 3.05) is 51.7 Å². The topological polar surface area (TPSA) is 88.2 Å². The van der Waals surface area contributed by atoms with E-state index in [1.807, 2.05) is 0 Å². The van der Waals surface area contributed by atoms with Crippen molar-refractivity contribution in [3.63, 3.8) is 0 Å². The Kier molecular flexibility index (Phi) is 4.34. The van der Waals surface area contributed by atoms with Crippen LogP contribution in [-0.4, -0.2) is 87.6 Å². The number of nitrogens with zero attached hydrogens (tertiary/aromatic N) is 2. The number of carbonyl (C=O) groups excluding carboxylic acids is 1. The molecule has 3 heterocycles. The molecule has 3 saturated heterocycles. The molecule has 0 aromatic carbocycles. The summed E-state index contributed by atoms with van der Waals surface area (Å²) < 4.78 is 35.8. The van der Waals surface area contributed by atoms with Gasteiger partial charge in [-0.1, -0.05) is 0 Å². The zero-order valence-electron chi connectivity index (χ0n) is 11.9. The molecule has 2 atom stereocenters. The maximum Gasteiger partial charge on any atom is 0.317 e. The molecule has 0 saturated carbocycles. The lowest BCUT2D eigenvalue weighted by Crippen LogP contribution is -2.58. The number of hydrogen-bond donors (Lipinski definition) is 1. The minimum atomic E-state index is -3.09. The lowest BCUT2D eigenvalue weighted by Gasteiger charge is -2.41. The summed E-state index contributed by atoms with van der Waals surface area (Å²) in [7, 11) is -3.09. The van der Waals surface area contributed by atoms with E-state index in [4.69, 9.17) is 9.47 Å². The minimum absolute atomic E-state index is 0.0535. The van der Waals surface area contributed by atoms with Crippen molar-refractivity contribution in [3.05, 3.63) is 0 Å². The maximum absolute atomic E-state index is 12.1. The van der Waals surface area contributed by atoms with Gasteiger partial charge in [0, 0.05) is 19.6 Å². The first-order valence-electron chi connectivity index (χ1n) is 7.28. The van der Waals surface area contributed by atoms with Crippen molar-refractivity contribution >= 4 is 16.1 Å². The van der Waals surface area contributed by atoms with Gasteiger partial charge in [-0.3, -0.25) is 0 Å². The number of amides is 2. The van der Waals surface area contributed by atoms with E-state index in [1.165, 1.54) is 4.31 Å². The van der Waals surface area contributed by atoms with E-state index in [2.05, 4.69) is 5.32 Å². The number of carbonyl (C=O) groups is 1. The average Bonchev–Trinajstić information content (AvgIpc) is 2.77. The van der Waals surface area contributed by atoms with Crippen molar-refractivity contribution in [3.8, 4) is 0 Å². The highest BCUT2D eigenvalue weighted by Gasteiger charge is 2.34. The van der Waals surface area contributed by atoms with E-state index >= 15 is 0 Å². The third kappa shape index (κ3) is 3.47. The summed E-state index contributed by atoms with van der Waals surface area (Å²) in [4.78, 5) is 13.8. The largest absolute Gasteiger partial charge is 0.376 e. The molecule has 3 aliphatic rings. The molecule has 3 rings (SSSR count). The van der Waals surface area contributed by atoms with Crippen LogP contribution < -0.4 is 5.32 Å². The monoisotopic (exact) mass is 319 g/mol. The second-order valence-electron chi connectivity index (χ2n) is 5.62. The molecule has 2 unspecified atom stereocenters. The van der Waals surface area contributed by atoms with Gasteiger partial charge in [0.25, 0.3) is 0 Å². The molecule has 8 nitrogen and oxygen atoms in total. The van der Waals surface area contributed by atoms with Crippen LogP contribution in [0.2, 0.25) is 0 Å². The Morgan fingerprint density at radius 2 is 1.95 bits per heavy atom. The lowest BCUT2D eigenvalue weighted by molar-refractivity contribution is -0.171. The summed E-state index contributed by atoms with van der Waals surface area (Å²) >= 11 is 0. The van der Waals surface area contributed by atoms with Crippen LogP contribution in [0.15, 0.2) is 0 Å². The van der Waals surface area contributed by atoms with Crippen LogP contribution in [0.1, 0.15) is 6.42 Å². The molecule has 3 aliphatic heterocycles. The first kappa shape index (κ1) is 15.0. The molecule has 2 amide bonds. The van der Waals surface area contributed by atoms with Crippen LogP contribution >= 0.6 is 0 Å². The molecule has 1 N–H and O–H groups in total. The fourth-order valence-electron chi connectivity index (χ4n) is 2.95. The average molecular weight is 319 g/mol. The van der Waals surface area contributed by atoms with Crippen LogP contribution in [0.3, 0.4) is 0 Å². The van der Waals surface area contributed by atoms with Crippen LogP contribution in [0, 0.1) is 0 Å². The van der Waals surface area contributed by atoms with E-state index in [-0.39, 0.29) is 24.0 Å². The van der Waals surface area contributed by atoms with Crippen molar-refractivity contribution < 1.29 is 22.7 Å². The van der Waals surface area contributed by atoms with Gasteiger partial charge in [-0.25, -0.2) is 17.5 Å². The summed E-state index contributed by atoms with van der Waals surface area (Å²) in [5.41, 5.74) is 0. The molecule has 2 bridgehead atoms. The van der Waals surface area contributed by atoms with Gasteiger partial charge in [0.2, 0.25) is 10.0 Å². The number of hydrogen-bond acceptors (Lipinski definition) is 5. The zero-order chi connectivity index (χ0) is 14.9. The predicted octanol–water partition coefficient (Wildman–Crippen LogP) is -1.17. The fraction of sp³-hybridized carbons (Fsp3) is 0.917. The first-order chi connectivity index (χ1) is 10.0. The normalized spacial score (nSPS) is 32.1. The summed E-state index contributed by atoms with van der Waals surface area (Å²) in [5, 5.41) is 2.79. The van der Waals surface area contributed by atoms with Gasteiger partial charge in [0.05, 0.1) is 44.3 Å². The Bertz CT molecular complexity index is 485. The smallest absolute Gasteiger partial charge is 0.317 e. The summed E-state index contributed by atoms with van der Waals surface area (Å²) in [5.74, 6) is 0.216.